The lowest BCUT2D eigenvalue weighted by Crippen LogP contribution is -2.58. The number of anilines is 1. The van der Waals surface area contributed by atoms with E-state index in [1.165, 1.54) is 24.0 Å². The largest absolute Gasteiger partial charge is 0.378 e. The number of piperidine rings is 1. The normalized spacial score (nSPS) is 28.9. The molecule has 3 aliphatic rings. The zero-order valence-electron chi connectivity index (χ0n) is 15.8. The summed E-state index contributed by atoms with van der Waals surface area (Å²) in [5.74, 6) is 0.0768. The molecule has 1 amide bonds. The first-order valence-corrected chi connectivity index (χ1v) is 10.00. The summed E-state index contributed by atoms with van der Waals surface area (Å²) in [4.78, 5) is 14.9. The molecule has 0 bridgehead atoms. The van der Waals surface area contributed by atoms with Crippen LogP contribution in [0.3, 0.4) is 0 Å². The summed E-state index contributed by atoms with van der Waals surface area (Å²) < 4.78 is 11.8. The van der Waals surface area contributed by atoms with Crippen LogP contribution in [0, 0.1) is 0 Å². The number of benzene rings is 1. The average molecular weight is 358 g/mol. The van der Waals surface area contributed by atoms with Crippen molar-refractivity contribution in [2.75, 3.05) is 38.7 Å². The highest BCUT2D eigenvalue weighted by Gasteiger charge is 2.47. The van der Waals surface area contributed by atoms with E-state index in [1.54, 1.807) is 7.11 Å². The molecule has 2 aliphatic heterocycles. The van der Waals surface area contributed by atoms with Gasteiger partial charge in [0.05, 0.1) is 12.6 Å². The summed E-state index contributed by atoms with van der Waals surface area (Å²) in [6.45, 7) is 2.89. The van der Waals surface area contributed by atoms with Crippen LogP contribution in [-0.4, -0.2) is 55.9 Å². The zero-order chi connectivity index (χ0) is 18.0. The van der Waals surface area contributed by atoms with E-state index < -0.39 is 0 Å². The second-order valence-electron chi connectivity index (χ2n) is 7.94. The highest BCUT2D eigenvalue weighted by atomic mass is 16.5. The lowest BCUT2D eigenvalue weighted by molar-refractivity contribution is -0.146. The Kier molecular flexibility index (Phi) is 5.30. The van der Waals surface area contributed by atoms with Gasteiger partial charge < -0.3 is 14.8 Å². The third kappa shape index (κ3) is 3.53. The first-order chi connectivity index (χ1) is 12.7. The standard InChI is InChI=1S/C21H30N2O3/c1-25-19-10-12-23(15-21(19)11-5-13-26-21)14-20(24)22-18-9-4-7-16-6-2-3-8-17(16)18/h4,7,9,19H,2-3,5-6,8,10-15H2,1H3,(H,22,24). The fraction of sp³-hybridized carbons (Fsp3) is 0.667. The zero-order valence-corrected chi connectivity index (χ0v) is 15.8. The minimum Gasteiger partial charge on any atom is -0.378 e. The van der Waals surface area contributed by atoms with E-state index in [4.69, 9.17) is 9.47 Å². The van der Waals surface area contributed by atoms with Crippen LogP contribution in [0.4, 0.5) is 5.69 Å². The molecule has 4 rings (SSSR count). The van der Waals surface area contributed by atoms with E-state index in [9.17, 15) is 4.79 Å². The minimum absolute atomic E-state index is 0.0768. The molecule has 1 N–H and O–H groups in total. The average Bonchev–Trinajstić information content (AvgIpc) is 3.11. The fourth-order valence-electron chi connectivity index (χ4n) is 4.98. The SMILES string of the molecule is COC1CCN(CC(=O)Nc2cccc3c2CCCC3)CC12CCCO2. The molecule has 0 radical (unpaired) electrons. The maximum Gasteiger partial charge on any atom is 0.238 e. The van der Waals surface area contributed by atoms with Gasteiger partial charge in [-0.2, -0.15) is 0 Å². The van der Waals surface area contributed by atoms with Crippen LogP contribution in [0.15, 0.2) is 18.2 Å². The summed E-state index contributed by atoms with van der Waals surface area (Å²) in [7, 11) is 1.77. The third-order valence-corrected chi connectivity index (χ3v) is 6.24. The molecule has 2 saturated heterocycles. The lowest BCUT2D eigenvalue weighted by atomic mass is 9.87. The van der Waals surface area contributed by atoms with Crippen LogP contribution in [0.1, 0.15) is 43.2 Å². The van der Waals surface area contributed by atoms with Crippen LogP contribution < -0.4 is 5.32 Å². The van der Waals surface area contributed by atoms with Crippen LogP contribution >= 0.6 is 0 Å². The number of carbonyl (C=O) groups excluding carboxylic acids is 1. The van der Waals surface area contributed by atoms with Crippen molar-refractivity contribution in [1.82, 2.24) is 4.90 Å². The molecule has 1 aromatic rings. The molecule has 1 spiro atoms. The Labute approximate surface area is 156 Å². The van der Waals surface area contributed by atoms with E-state index in [1.807, 2.05) is 6.07 Å². The van der Waals surface area contributed by atoms with Crippen molar-refractivity contribution in [3.63, 3.8) is 0 Å². The minimum atomic E-state index is -0.223. The van der Waals surface area contributed by atoms with Gasteiger partial charge in [0.15, 0.2) is 0 Å². The monoisotopic (exact) mass is 358 g/mol. The van der Waals surface area contributed by atoms with Crippen molar-refractivity contribution in [3.8, 4) is 0 Å². The van der Waals surface area contributed by atoms with Crippen molar-refractivity contribution in [3.05, 3.63) is 29.3 Å². The highest BCUT2D eigenvalue weighted by Crippen LogP contribution is 2.36. The molecule has 0 saturated carbocycles. The lowest BCUT2D eigenvalue weighted by Gasteiger charge is -2.44. The molecule has 26 heavy (non-hydrogen) atoms. The number of rotatable bonds is 4. The number of amides is 1. The predicted molar refractivity (Wildman–Crippen MR) is 101 cm³/mol. The first-order valence-electron chi connectivity index (χ1n) is 10.00. The fourth-order valence-corrected chi connectivity index (χ4v) is 4.98. The molecular weight excluding hydrogens is 328 g/mol. The Morgan fingerprint density at radius 3 is 3.04 bits per heavy atom. The smallest absolute Gasteiger partial charge is 0.238 e. The topological polar surface area (TPSA) is 50.8 Å². The molecule has 2 atom stereocenters. The molecule has 2 heterocycles. The number of fused-ring (bicyclic) bond motifs is 1. The second-order valence-corrected chi connectivity index (χ2v) is 7.94. The maximum atomic E-state index is 12.7. The Morgan fingerprint density at radius 2 is 2.23 bits per heavy atom. The van der Waals surface area contributed by atoms with Crippen molar-refractivity contribution >= 4 is 11.6 Å². The van der Waals surface area contributed by atoms with Crippen LogP contribution in [0.2, 0.25) is 0 Å². The van der Waals surface area contributed by atoms with E-state index in [0.717, 1.165) is 57.5 Å². The van der Waals surface area contributed by atoms with Crippen LogP contribution in [-0.2, 0) is 27.1 Å². The molecule has 142 valence electrons. The predicted octanol–water partition coefficient (Wildman–Crippen LogP) is 2.77. The highest BCUT2D eigenvalue weighted by molar-refractivity contribution is 5.93. The number of ether oxygens (including phenoxy) is 2. The van der Waals surface area contributed by atoms with Gasteiger partial charge in [-0.3, -0.25) is 9.69 Å². The number of nitrogens with zero attached hydrogens (tertiary/aromatic N) is 1. The van der Waals surface area contributed by atoms with Gasteiger partial charge in [-0.1, -0.05) is 12.1 Å². The Morgan fingerprint density at radius 1 is 1.35 bits per heavy atom. The summed E-state index contributed by atoms with van der Waals surface area (Å²) in [5, 5.41) is 3.17. The number of nitrogens with one attached hydrogen (secondary N) is 1. The third-order valence-electron chi connectivity index (χ3n) is 6.24. The van der Waals surface area contributed by atoms with Gasteiger partial charge in [-0.05, 0) is 62.1 Å². The van der Waals surface area contributed by atoms with E-state index in [-0.39, 0.29) is 17.6 Å². The van der Waals surface area contributed by atoms with Crippen molar-refractivity contribution in [2.45, 2.75) is 56.7 Å². The van der Waals surface area contributed by atoms with Crippen LogP contribution in [0.5, 0.6) is 0 Å². The van der Waals surface area contributed by atoms with Gasteiger partial charge in [0.1, 0.15) is 5.60 Å². The number of hydrogen-bond donors (Lipinski definition) is 1. The van der Waals surface area contributed by atoms with E-state index in [0.29, 0.717) is 6.54 Å². The van der Waals surface area contributed by atoms with E-state index >= 15 is 0 Å². The van der Waals surface area contributed by atoms with Gasteiger partial charge in [0.25, 0.3) is 0 Å². The Hall–Kier alpha value is -1.43. The summed E-state index contributed by atoms with van der Waals surface area (Å²) in [6, 6.07) is 6.30. The number of carbonyl (C=O) groups is 1. The van der Waals surface area contributed by atoms with Crippen molar-refractivity contribution < 1.29 is 14.3 Å². The second kappa shape index (κ2) is 7.67. The molecule has 0 aromatic heterocycles. The summed E-state index contributed by atoms with van der Waals surface area (Å²) in [6.07, 6.45) is 7.83. The van der Waals surface area contributed by atoms with Crippen molar-refractivity contribution in [2.24, 2.45) is 0 Å². The van der Waals surface area contributed by atoms with Crippen LogP contribution in [0.25, 0.3) is 0 Å². The molecule has 1 aromatic carbocycles. The molecule has 5 nitrogen and oxygen atoms in total. The quantitative estimate of drug-likeness (QED) is 0.899. The molecule has 2 fully saturated rings. The number of hydrogen-bond acceptors (Lipinski definition) is 4. The Bertz CT molecular complexity index is 655. The molecular formula is C21H30N2O3. The molecule has 5 heteroatoms. The van der Waals surface area contributed by atoms with Gasteiger partial charge in [-0.15, -0.1) is 0 Å². The maximum absolute atomic E-state index is 12.7. The van der Waals surface area contributed by atoms with Gasteiger partial charge in [0, 0.05) is 32.5 Å². The summed E-state index contributed by atoms with van der Waals surface area (Å²) >= 11 is 0. The Balaban J connectivity index is 1.40. The van der Waals surface area contributed by atoms with Gasteiger partial charge >= 0.3 is 0 Å². The molecule has 1 aliphatic carbocycles. The number of likely N-dealkylation sites (tertiary alicyclic amines) is 1. The van der Waals surface area contributed by atoms with Gasteiger partial charge in [-0.25, -0.2) is 0 Å². The van der Waals surface area contributed by atoms with Crippen molar-refractivity contribution in [1.29, 1.82) is 0 Å². The number of aryl methyl sites for hydroxylation is 1. The van der Waals surface area contributed by atoms with E-state index in [2.05, 4.69) is 22.3 Å². The number of methoxy groups -OCH3 is 1. The van der Waals surface area contributed by atoms with Gasteiger partial charge in [0.2, 0.25) is 5.91 Å². The first kappa shape index (κ1) is 18.0. The summed E-state index contributed by atoms with van der Waals surface area (Å²) in [5.41, 5.74) is 3.51. The molecule has 2 unspecified atom stereocenters.